The second kappa shape index (κ2) is 8.60. The van der Waals surface area contributed by atoms with Gasteiger partial charge in [0, 0.05) is 17.9 Å². The van der Waals surface area contributed by atoms with Gasteiger partial charge in [0.25, 0.3) is 0 Å². The second-order valence-corrected chi connectivity index (χ2v) is 8.67. The van der Waals surface area contributed by atoms with Crippen LogP contribution in [-0.2, 0) is 4.79 Å². The van der Waals surface area contributed by atoms with E-state index in [2.05, 4.69) is 11.2 Å². The van der Waals surface area contributed by atoms with Gasteiger partial charge in [0.05, 0.1) is 22.5 Å². The van der Waals surface area contributed by atoms with Crippen LogP contribution in [0.5, 0.6) is 11.5 Å². The number of hydrogen-bond acceptors (Lipinski definition) is 6. The molecule has 5 rings (SSSR count). The van der Waals surface area contributed by atoms with E-state index in [1.807, 2.05) is 56.3 Å². The zero-order valence-electron chi connectivity index (χ0n) is 18.3. The number of aryl methyl sites for hydroxylation is 1. The third-order valence-corrected chi connectivity index (χ3v) is 6.56. The molecule has 0 saturated carbocycles. The number of carbonyl (C=O) groups excluding carboxylic acids is 1. The number of para-hydroxylation sites is 1. The molecule has 7 nitrogen and oxygen atoms in total. The normalized spacial score (nSPS) is 15.1. The molecule has 0 unspecified atom stereocenters. The molecule has 0 spiro atoms. The average Bonchev–Trinajstić information content (AvgIpc) is 3.39. The quantitative estimate of drug-likeness (QED) is 0.425. The number of benzene rings is 2. The maximum absolute atomic E-state index is 12.7. The van der Waals surface area contributed by atoms with Gasteiger partial charge in [-0.25, -0.2) is 4.98 Å². The molecule has 0 saturated heterocycles. The molecule has 166 valence electrons. The number of amides is 1. The number of nitrogens with one attached hydrogen (secondary N) is 1. The van der Waals surface area contributed by atoms with E-state index in [-0.39, 0.29) is 18.4 Å². The zero-order chi connectivity index (χ0) is 22.9. The molecule has 2 aromatic carbocycles. The molecule has 1 N–H and O–H groups in total. The molecule has 1 amide bonds. The smallest absolute Gasteiger partial charge is 0.226 e. The van der Waals surface area contributed by atoms with Crippen LogP contribution >= 0.6 is 11.3 Å². The highest BCUT2D eigenvalue weighted by atomic mass is 32.1. The molecule has 0 fully saturated rings. The zero-order valence-corrected chi connectivity index (χ0v) is 19.1. The first kappa shape index (κ1) is 21.0. The van der Waals surface area contributed by atoms with E-state index in [1.54, 1.807) is 4.68 Å². The number of ether oxygens (including phenoxy) is 2. The highest BCUT2D eigenvalue weighted by molar-refractivity contribution is 7.20. The van der Waals surface area contributed by atoms with Crippen molar-refractivity contribution in [2.75, 3.05) is 18.5 Å². The van der Waals surface area contributed by atoms with Crippen LogP contribution in [0.3, 0.4) is 0 Å². The van der Waals surface area contributed by atoms with Crippen molar-refractivity contribution in [1.82, 2.24) is 14.8 Å². The van der Waals surface area contributed by atoms with E-state index in [0.717, 1.165) is 32.2 Å². The summed E-state index contributed by atoms with van der Waals surface area (Å²) in [5, 5.41) is 8.49. The fraction of sp³-hybridized carbons (Fsp3) is 0.240. The fourth-order valence-corrected chi connectivity index (χ4v) is 5.09. The predicted molar refractivity (Wildman–Crippen MR) is 129 cm³/mol. The van der Waals surface area contributed by atoms with E-state index in [4.69, 9.17) is 26.0 Å². The Labute approximate surface area is 195 Å². The summed E-state index contributed by atoms with van der Waals surface area (Å²) in [6.45, 7) is 4.52. The van der Waals surface area contributed by atoms with E-state index in [0.29, 0.717) is 30.3 Å². The first-order chi connectivity index (χ1) is 16.1. The number of hydrogen-bond donors (Lipinski definition) is 1. The van der Waals surface area contributed by atoms with Crippen molar-refractivity contribution in [3.8, 4) is 29.0 Å². The molecule has 1 aliphatic rings. The maximum Gasteiger partial charge on any atom is 0.226 e. The van der Waals surface area contributed by atoms with Gasteiger partial charge < -0.3 is 14.8 Å². The number of aromatic nitrogens is 3. The first-order valence-electron chi connectivity index (χ1n) is 10.7. The van der Waals surface area contributed by atoms with E-state index < -0.39 is 0 Å². The van der Waals surface area contributed by atoms with Crippen LogP contribution < -0.4 is 14.8 Å². The van der Waals surface area contributed by atoms with Crippen LogP contribution in [0, 0.1) is 19.3 Å². The second-order valence-electron chi connectivity index (χ2n) is 7.66. The minimum atomic E-state index is -0.169. The lowest BCUT2D eigenvalue weighted by Gasteiger charge is -2.25. The number of thiazole rings is 1. The minimum Gasteiger partial charge on any atom is -0.490 e. The average molecular weight is 459 g/mol. The number of rotatable bonds is 6. The lowest BCUT2D eigenvalue weighted by atomic mass is 9.85. The predicted octanol–water partition coefficient (Wildman–Crippen LogP) is 4.68. The van der Waals surface area contributed by atoms with Gasteiger partial charge in [-0.05, 0) is 43.7 Å². The number of carbonyl (C=O) groups is 1. The summed E-state index contributed by atoms with van der Waals surface area (Å²) in [6.07, 6.45) is 5.65. The standard InChI is InChI=1S/C25H22N4O3S/c1-4-12-32-19-11-10-16(13-20(19)31-5-2)17-14-22(30)27-24-23(17)15(3)28-29(24)25-26-18-8-6-7-9-21(18)33-25/h1,6-11,13,17H,5,12,14H2,2-3H3,(H,27,30)/t17-/m0/s1. The van der Waals surface area contributed by atoms with E-state index in [1.165, 1.54) is 11.3 Å². The number of terminal acetylenes is 1. The summed E-state index contributed by atoms with van der Waals surface area (Å²) in [5.41, 5.74) is 3.69. The van der Waals surface area contributed by atoms with Gasteiger partial charge in [-0.1, -0.05) is 35.5 Å². The molecule has 3 heterocycles. The van der Waals surface area contributed by atoms with E-state index >= 15 is 0 Å². The summed E-state index contributed by atoms with van der Waals surface area (Å²) >= 11 is 1.54. The number of anilines is 1. The molecular weight excluding hydrogens is 436 g/mol. The van der Waals surface area contributed by atoms with Crippen molar-refractivity contribution in [2.24, 2.45) is 0 Å². The Kier molecular flexibility index (Phi) is 5.48. The Hall–Kier alpha value is -3.83. The summed E-state index contributed by atoms with van der Waals surface area (Å²) < 4.78 is 14.2. The van der Waals surface area contributed by atoms with Gasteiger partial charge in [-0.3, -0.25) is 4.79 Å². The summed E-state index contributed by atoms with van der Waals surface area (Å²) in [7, 11) is 0. The molecule has 1 aliphatic heterocycles. The van der Waals surface area contributed by atoms with Crippen molar-refractivity contribution in [3.63, 3.8) is 0 Å². The molecule has 33 heavy (non-hydrogen) atoms. The molecule has 2 aromatic heterocycles. The lowest BCUT2D eigenvalue weighted by molar-refractivity contribution is -0.116. The number of fused-ring (bicyclic) bond motifs is 2. The van der Waals surface area contributed by atoms with Gasteiger partial charge in [-0.2, -0.15) is 9.78 Å². The molecule has 8 heteroatoms. The molecule has 1 atom stereocenters. The highest BCUT2D eigenvalue weighted by Crippen LogP contribution is 2.43. The van der Waals surface area contributed by atoms with Gasteiger partial charge in [-0.15, -0.1) is 6.42 Å². The van der Waals surface area contributed by atoms with Crippen LogP contribution in [0.15, 0.2) is 42.5 Å². The largest absolute Gasteiger partial charge is 0.490 e. The Morgan fingerprint density at radius 3 is 2.88 bits per heavy atom. The van der Waals surface area contributed by atoms with Gasteiger partial charge in [0.15, 0.2) is 11.5 Å². The number of nitrogens with zero attached hydrogens (tertiary/aromatic N) is 3. The monoisotopic (exact) mass is 458 g/mol. The van der Waals surface area contributed by atoms with Crippen LogP contribution in [0.4, 0.5) is 5.82 Å². The fourth-order valence-electron chi connectivity index (χ4n) is 4.17. The Morgan fingerprint density at radius 2 is 2.09 bits per heavy atom. The molecule has 0 bridgehead atoms. The van der Waals surface area contributed by atoms with E-state index in [9.17, 15) is 4.79 Å². The third-order valence-electron chi connectivity index (χ3n) is 5.55. The topological polar surface area (TPSA) is 78.3 Å². The first-order valence-corrected chi connectivity index (χ1v) is 11.5. The summed E-state index contributed by atoms with van der Waals surface area (Å²) in [4.78, 5) is 17.5. The summed E-state index contributed by atoms with van der Waals surface area (Å²) in [5.74, 6) is 4.09. The van der Waals surface area contributed by atoms with Gasteiger partial charge in [0.1, 0.15) is 12.4 Å². The Morgan fingerprint density at radius 1 is 1.24 bits per heavy atom. The van der Waals surface area contributed by atoms with Crippen molar-refractivity contribution < 1.29 is 14.3 Å². The molecule has 0 radical (unpaired) electrons. The van der Waals surface area contributed by atoms with Crippen LogP contribution in [0.25, 0.3) is 15.3 Å². The molecule has 4 aromatic rings. The SMILES string of the molecule is C#CCOc1ccc([C@@H]2CC(=O)Nc3c2c(C)nn3-c2nc3ccccc3s2)cc1OCC. The molecule has 0 aliphatic carbocycles. The maximum atomic E-state index is 12.7. The Balaban J connectivity index is 1.59. The highest BCUT2D eigenvalue weighted by Gasteiger charge is 2.33. The molecular formula is C25H22N4O3S. The lowest BCUT2D eigenvalue weighted by Crippen LogP contribution is -2.25. The van der Waals surface area contributed by atoms with Gasteiger partial charge >= 0.3 is 0 Å². The van der Waals surface area contributed by atoms with Crippen LogP contribution in [-0.4, -0.2) is 33.9 Å². The minimum absolute atomic E-state index is 0.0691. The summed E-state index contributed by atoms with van der Waals surface area (Å²) in [6, 6.07) is 13.7. The Bertz CT molecular complexity index is 1370. The van der Waals surface area contributed by atoms with Crippen LogP contribution in [0.2, 0.25) is 0 Å². The van der Waals surface area contributed by atoms with Crippen molar-refractivity contribution in [1.29, 1.82) is 0 Å². The van der Waals surface area contributed by atoms with Crippen LogP contribution in [0.1, 0.15) is 36.1 Å². The van der Waals surface area contributed by atoms with Crippen molar-refractivity contribution >= 4 is 33.3 Å². The van der Waals surface area contributed by atoms with Crippen molar-refractivity contribution in [2.45, 2.75) is 26.2 Å². The van der Waals surface area contributed by atoms with Gasteiger partial charge in [0.2, 0.25) is 11.0 Å². The van der Waals surface area contributed by atoms with Crippen molar-refractivity contribution in [3.05, 3.63) is 59.3 Å². The third kappa shape index (κ3) is 3.81.